The van der Waals surface area contributed by atoms with Gasteiger partial charge in [0.15, 0.2) is 0 Å². The standard InChI is InChI=1S/C10H18N8O2/c11-1-3-17(13)9(19)7-5-16-8(6-15-7)10(20)18(14)4-2-12/h5-6H,1-4,11-14H2. The first kappa shape index (κ1) is 15.9. The third-order valence-corrected chi connectivity index (χ3v) is 2.35. The quantitative estimate of drug-likeness (QED) is 0.243. The lowest BCUT2D eigenvalue weighted by molar-refractivity contribution is 0.0739. The molecule has 10 nitrogen and oxygen atoms in total. The van der Waals surface area contributed by atoms with Gasteiger partial charge in [0.1, 0.15) is 11.4 Å². The van der Waals surface area contributed by atoms with E-state index in [0.717, 1.165) is 22.4 Å². The van der Waals surface area contributed by atoms with Gasteiger partial charge in [0.2, 0.25) is 0 Å². The van der Waals surface area contributed by atoms with E-state index in [2.05, 4.69) is 9.97 Å². The number of hydrazine groups is 2. The molecule has 0 aliphatic heterocycles. The topological polar surface area (TPSA) is 170 Å². The number of nitrogens with zero attached hydrogens (tertiary/aromatic N) is 4. The van der Waals surface area contributed by atoms with Crippen molar-refractivity contribution in [3.05, 3.63) is 23.8 Å². The first-order valence-corrected chi connectivity index (χ1v) is 5.86. The summed E-state index contributed by atoms with van der Waals surface area (Å²) in [7, 11) is 0. The fourth-order valence-corrected chi connectivity index (χ4v) is 1.32. The van der Waals surface area contributed by atoms with E-state index in [1.54, 1.807) is 0 Å². The maximum atomic E-state index is 11.8. The van der Waals surface area contributed by atoms with Crippen molar-refractivity contribution in [3.8, 4) is 0 Å². The van der Waals surface area contributed by atoms with Crippen molar-refractivity contribution in [2.45, 2.75) is 0 Å². The molecular weight excluding hydrogens is 264 g/mol. The van der Waals surface area contributed by atoms with E-state index in [4.69, 9.17) is 23.2 Å². The van der Waals surface area contributed by atoms with Crippen LogP contribution in [0.3, 0.4) is 0 Å². The van der Waals surface area contributed by atoms with Crippen LogP contribution in [0.5, 0.6) is 0 Å². The maximum Gasteiger partial charge on any atom is 0.287 e. The smallest absolute Gasteiger partial charge is 0.287 e. The fourth-order valence-electron chi connectivity index (χ4n) is 1.32. The van der Waals surface area contributed by atoms with Crippen molar-refractivity contribution in [2.24, 2.45) is 23.2 Å². The molecule has 0 fully saturated rings. The van der Waals surface area contributed by atoms with Crippen LogP contribution in [0.25, 0.3) is 0 Å². The molecule has 10 heteroatoms. The highest BCUT2D eigenvalue weighted by Gasteiger charge is 2.17. The lowest BCUT2D eigenvalue weighted by atomic mass is 10.3. The predicted octanol–water partition coefficient (Wildman–Crippen LogP) is -2.97. The molecule has 20 heavy (non-hydrogen) atoms. The minimum absolute atomic E-state index is 0.0138. The molecule has 2 amide bonds. The molecule has 1 heterocycles. The third-order valence-electron chi connectivity index (χ3n) is 2.35. The normalized spacial score (nSPS) is 10.2. The molecule has 0 aliphatic carbocycles. The molecule has 0 saturated heterocycles. The fraction of sp³-hybridized carbons (Fsp3) is 0.400. The maximum absolute atomic E-state index is 11.8. The second kappa shape index (κ2) is 7.45. The molecule has 1 aromatic rings. The van der Waals surface area contributed by atoms with Gasteiger partial charge in [-0.3, -0.25) is 19.6 Å². The monoisotopic (exact) mass is 282 g/mol. The molecule has 0 spiro atoms. The Morgan fingerprint density at radius 2 is 1.25 bits per heavy atom. The van der Waals surface area contributed by atoms with Crippen molar-refractivity contribution in [1.82, 2.24) is 20.0 Å². The van der Waals surface area contributed by atoms with Crippen LogP contribution in [0.4, 0.5) is 0 Å². The summed E-state index contributed by atoms with van der Waals surface area (Å²) in [5.74, 6) is 9.88. The Morgan fingerprint density at radius 1 is 0.900 bits per heavy atom. The van der Waals surface area contributed by atoms with E-state index >= 15 is 0 Å². The predicted molar refractivity (Wildman–Crippen MR) is 70.6 cm³/mol. The summed E-state index contributed by atoms with van der Waals surface area (Å²) in [6.45, 7) is 0.837. The molecule has 0 saturated carbocycles. The lowest BCUT2D eigenvalue weighted by Gasteiger charge is -2.16. The van der Waals surface area contributed by atoms with Crippen molar-refractivity contribution in [1.29, 1.82) is 0 Å². The number of rotatable bonds is 6. The minimum atomic E-state index is -0.534. The Bertz CT molecular complexity index is 420. The zero-order chi connectivity index (χ0) is 15.1. The Kier molecular flexibility index (Phi) is 5.93. The van der Waals surface area contributed by atoms with Gasteiger partial charge in [-0.1, -0.05) is 0 Å². The first-order chi connectivity index (χ1) is 9.51. The van der Waals surface area contributed by atoms with E-state index in [0.29, 0.717) is 0 Å². The van der Waals surface area contributed by atoms with E-state index in [1.807, 2.05) is 0 Å². The van der Waals surface area contributed by atoms with Crippen molar-refractivity contribution in [2.75, 3.05) is 26.2 Å². The van der Waals surface area contributed by atoms with E-state index in [9.17, 15) is 9.59 Å². The minimum Gasteiger partial charge on any atom is -0.329 e. The number of hydrogen-bond donors (Lipinski definition) is 4. The third kappa shape index (κ3) is 3.93. The van der Waals surface area contributed by atoms with E-state index in [1.165, 1.54) is 0 Å². The number of carbonyl (C=O) groups excluding carboxylic acids is 2. The lowest BCUT2D eigenvalue weighted by Crippen LogP contribution is -2.42. The largest absolute Gasteiger partial charge is 0.329 e. The molecule has 0 aliphatic rings. The average Bonchev–Trinajstić information content (AvgIpc) is 2.46. The Morgan fingerprint density at radius 3 is 1.50 bits per heavy atom. The summed E-state index contributed by atoms with van der Waals surface area (Å²) in [6, 6.07) is 0. The number of carbonyl (C=O) groups is 2. The van der Waals surface area contributed by atoms with Crippen molar-refractivity contribution < 1.29 is 9.59 Å². The highest BCUT2D eigenvalue weighted by atomic mass is 16.2. The van der Waals surface area contributed by atoms with Gasteiger partial charge in [0.25, 0.3) is 11.8 Å². The van der Waals surface area contributed by atoms with Gasteiger partial charge in [-0.15, -0.1) is 0 Å². The molecule has 0 atom stereocenters. The highest BCUT2D eigenvalue weighted by Crippen LogP contribution is 2.00. The Hall–Kier alpha value is -2.14. The van der Waals surface area contributed by atoms with Gasteiger partial charge >= 0.3 is 0 Å². The van der Waals surface area contributed by atoms with Gasteiger partial charge < -0.3 is 11.5 Å². The molecule has 0 aromatic carbocycles. The van der Waals surface area contributed by atoms with Crippen LogP contribution < -0.4 is 23.2 Å². The Balaban J connectivity index is 2.78. The summed E-state index contributed by atoms with van der Waals surface area (Å²) >= 11 is 0. The molecule has 1 rings (SSSR count). The summed E-state index contributed by atoms with van der Waals surface area (Å²) in [5.41, 5.74) is 10.6. The van der Waals surface area contributed by atoms with Gasteiger partial charge in [-0.2, -0.15) is 0 Å². The van der Waals surface area contributed by atoms with Crippen LogP contribution in [0.15, 0.2) is 12.4 Å². The van der Waals surface area contributed by atoms with E-state index in [-0.39, 0.29) is 37.6 Å². The second-order valence-corrected chi connectivity index (χ2v) is 3.86. The summed E-state index contributed by atoms with van der Waals surface area (Å²) in [4.78, 5) is 31.2. The van der Waals surface area contributed by atoms with Crippen LogP contribution in [-0.4, -0.2) is 58.0 Å². The Labute approximate surface area is 115 Å². The molecule has 8 N–H and O–H groups in total. The van der Waals surface area contributed by atoms with Crippen molar-refractivity contribution in [3.63, 3.8) is 0 Å². The zero-order valence-corrected chi connectivity index (χ0v) is 10.9. The second-order valence-electron chi connectivity index (χ2n) is 3.86. The summed E-state index contributed by atoms with van der Waals surface area (Å²) in [6.07, 6.45) is 2.31. The molecular formula is C10H18N8O2. The van der Waals surface area contributed by atoms with Gasteiger partial charge in [0, 0.05) is 26.2 Å². The van der Waals surface area contributed by atoms with E-state index < -0.39 is 11.8 Å². The first-order valence-electron chi connectivity index (χ1n) is 5.86. The van der Waals surface area contributed by atoms with Crippen LogP contribution in [-0.2, 0) is 0 Å². The number of aromatic nitrogens is 2. The molecule has 0 unspecified atom stereocenters. The van der Waals surface area contributed by atoms with Crippen LogP contribution >= 0.6 is 0 Å². The van der Waals surface area contributed by atoms with Crippen LogP contribution in [0.2, 0.25) is 0 Å². The number of amides is 2. The molecule has 0 bridgehead atoms. The van der Waals surface area contributed by atoms with Gasteiger partial charge in [0.05, 0.1) is 12.4 Å². The van der Waals surface area contributed by atoms with Crippen LogP contribution in [0.1, 0.15) is 21.0 Å². The molecule has 110 valence electrons. The van der Waals surface area contributed by atoms with Gasteiger partial charge in [-0.05, 0) is 0 Å². The van der Waals surface area contributed by atoms with Crippen molar-refractivity contribution >= 4 is 11.8 Å². The number of nitrogens with two attached hydrogens (primary N) is 4. The molecule has 1 aromatic heterocycles. The van der Waals surface area contributed by atoms with Crippen LogP contribution in [0, 0.1) is 0 Å². The molecule has 0 radical (unpaired) electrons. The SMILES string of the molecule is NCCN(N)C(=O)c1cnc(C(=O)N(N)CCN)cn1. The highest BCUT2D eigenvalue weighted by molar-refractivity contribution is 5.94. The summed E-state index contributed by atoms with van der Waals surface area (Å²) in [5, 5.41) is 1.85. The number of hydrogen-bond acceptors (Lipinski definition) is 8. The van der Waals surface area contributed by atoms with Gasteiger partial charge in [-0.25, -0.2) is 21.7 Å². The zero-order valence-electron chi connectivity index (χ0n) is 10.9. The summed E-state index contributed by atoms with van der Waals surface area (Å²) < 4.78 is 0. The average molecular weight is 282 g/mol.